The van der Waals surface area contributed by atoms with Crippen molar-refractivity contribution in [1.82, 2.24) is 14.8 Å². The van der Waals surface area contributed by atoms with Gasteiger partial charge in [-0.2, -0.15) is 15.0 Å². The van der Waals surface area contributed by atoms with Crippen LogP contribution in [-0.4, -0.2) is 20.7 Å². The number of anilines is 1. The zero-order chi connectivity index (χ0) is 21.1. The van der Waals surface area contributed by atoms with Crippen molar-refractivity contribution in [1.29, 1.82) is 5.26 Å². The Bertz CT molecular complexity index is 1270. The quantitative estimate of drug-likeness (QED) is 0.540. The van der Waals surface area contributed by atoms with Gasteiger partial charge < -0.3 is 5.32 Å². The number of nitriles is 1. The van der Waals surface area contributed by atoms with Gasteiger partial charge in [0.2, 0.25) is 5.91 Å². The normalized spacial score (nSPS) is 10.7. The Morgan fingerprint density at radius 3 is 2.67 bits per heavy atom. The van der Waals surface area contributed by atoms with Crippen molar-refractivity contribution in [3.63, 3.8) is 0 Å². The fourth-order valence-electron chi connectivity index (χ4n) is 3.47. The van der Waals surface area contributed by atoms with Gasteiger partial charge in [0.05, 0.1) is 11.7 Å². The summed E-state index contributed by atoms with van der Waals surface area (Å²) in [5.74, 6) is 0.732. The molecule has 1 amide bonds. The van der Waals surface area contributed by atoms with E-state index in [0.29, 0.717) is 30.0 Å². The van der Waals surface area contributed by atoms with Crippen molar-refractivity contribution in [3.8, 4) is 11.9 Å². The Morgan fingerprint density at radius 2 is 1.90 bits per heavy atom. The van der Waals surface area contributed by atoms with E-state index in [1.807, 2.05) is 68.4 Å². The largest absolute Gasteiger partial charge is 0.309 e. The van der Waals surface area contributed by atoms with Gasteiger partial charge in [0.25, 0.3) is 0 Å². The lowest BCUT2D eigenvalue weighted by Crippen LogP contribution is -2.17. The first-order valence-corrected chi connectivity index (χ1v) is 9.76. The van der Waals surface area contributed by atoms with Crippen LogP contribution in [0.15, 0.2) is 60.8 Å². The van der Waals surface area contributed by atoms with Gasteiger partial charge in [-0.15, -0.1) is 0 Å². The Kier molecular flexibility index (Phi) is 5.27. The molecule has 1 N–H and O–H groups in total. The predicted molar refractivity (Wildman–Crippen MR) is 116 cm³/mol. The van der Waals surface area contributed by atoms with Crippen LogP contribution in [0.1, 0.15) is 28.7 Å². The molecule has 0 unspecified atom stereocenters. The van der Waals surface area contributed by atoms with E-state index < -0.39 is 0 Å². The number of para-hydroxylation sites is 1. The number of nitrogens with zero attached hydrogens (tertiary/aromatic N) is 4. The van der Waals surface area contributed by atoms with Gasteiger partial charge in [-0.1, -0.05) is 48.5 Å². The minimum absolute atomic E-state index is 0.175. The molecule has 0 spiro atoms. The minimum atomic E-state index is -0.175. The molecule has 0 saturated carbocycles. The highest BCUT2D eigenvalue weighted by molar-refractivity contribution is 5.92. The van der Waals surface area contributed by atoms with E-state index in [4.69, 9.17) is 4.98 Å². The number of rotatable bonds is 5. The topological polar surface area (TPSA) is 83.6 Å². The van der Waals surface area contributed by atoms with Gasteiger partial charge in [0.1, 0.15) is 11.6 Å². The van der Waals surface area contributed by atoms with Crippen LogP contribution in [0.3, 0.4) is 0 Å². The minimum Gasteiger partial charge on any atom is -0.309 e. The smallest absolute Gasteiger partial charge is 0.225 e. The number of hydrogen-bond acceptors (Lipinski definition) is 4. The number of fused-ring (bicyclic) bond motifs is 1. The van der Waals surface area contributed by atoms with Gasteiger partial charge in [-0.3, -0.25) is 4.79 Å². The number of pyridine rings is 1. The average molecular weight is 395 g/mol. The summed E-state index contributed by atoms with van der Waals surface area (Å²) in [6, 6.07) is 19.9. The van der Waals surface area contributed by atoms with Crippen molar-refractivity contribution in [2.45, 2.75) is 26.7 Å². The number of aryl methyl sites for hydroxylation is 3. The van der Waals surface area contributed by atoms with E-state index >= 15 is 0 Å². The molecule has 6 heteroatoms. The van der Waals surface area contributed by atoms with Crippen molar-refractivity contribution >= 4 is 22.6 Å². The molecular weight excluding hydrogens is 374 g/mol. The zero-order valence-corrected chi connectivity index (χ0v) is 16.9. The lowest BCUT2D eigenvalue weighted by atomic mass is 10.1. The highest BCUT2D eigenvalue weighted by Crippen LogP contribution is 2.25. The molecule has 0 aliphatic carbocycles. The third-order valence-electron chi connectivity index (χ3n) is 5.08. The number of nitrogens with one attached hydrogen (secondary N) is 1. The molecule has 0 atom stereocenters. The molecule has 2 aromatic heterocycles. The number of carbonyl (C=O) groups is 1. The Balaban J connectivity index is 1.65. The molecule has 0 aliphatic rings. The van der Waals surface area contributed by atoms with Crippen molar-refractivity contribution < 1.29 is 4.79 Å². The first-order chi connectivity index (χ1) is 14.6. The lowest BCUT2D eigenvalue weighted by molar-refractivity contribution is -0.116. The van der Waals surface area contributed by atoms with Crippen LogP contribution in [0.25, 0.3) is 16.7 Å². The fraction of sp³-hybridized carbons (Fsp3) is 0.167. The van der Waals surface area contributed by atoms with Gasteiger partial charge >= 0.3 is 0 Å². The van der Waals surface area contributed by atoms with Crippen LogP contribution in [0, 0.1) is 25.2 Å². The Morgan fingerprint density at radius 1 is 1.10 bits per heavy atom. The average Bonchev–Trinajstić information content (AvgIpc) is 3.16. The molecule has 4 aromatic rings. The summed E-state index contributed by atoms with van der Waals surface area (Å²) in [4.78, 5) is 17.3. The number of hydrogen-bond donors (Lipinski definition) is 1. The van der Waals surface area contributed by atoms with Crippen LogP contribution in [0.4, 0.5) is 5.82 Å². The summed E-state index contributed by atoms with van der Waals surface area (Å²) < 4.78 is 1.53. The molecule has 2 heterocycles. The second kappa shape index (κ2) is 8.18. The number of carbonyl (C=O) groups excluding carboxylic acids is 1. The molecule has 30 heavy (non-hydrogen) atoms. The third kappa shape index (κ3) is 3.78. The SMILES string of the molecule is Cc1cc(-n2ncc(C#N)c2NC(=O)CCc2ccccc2)nc2c(C)cccc12. The van der Waals surface area contributed by atoms with E-state index in [9.17, 15) is 10.1 Å². The van der Waals surface area contributed by atoms with Crippen molar-refractivity contribution in [3.05, 3.63) is 83.0 Å². The highest BCUT2D eigenvalue weighted by Gasteiger charge is 2.17. The molecular formula is C24H21N5O. The summed E-state index contributed by atoms with van der Waals surface area (Å²) in [7, 11) is 0. The lowest BCUT2D eigenvalue weighted by Gasteiger charge is -2.12. The van der Waals surface area contributed by atoms with Crippen LogP contribution in [0.2, 0.25) is 0 Å². The third-order valence-corrected chi connectivity index (χ3v) is 5.08. The highest BCUT2D eigenvalue weighted by atomic mass is 16.1. The van der Waals surface area contributed by atoms with E-state index in [1.165, 1.54) is 10.9 Å². The fourth-order valence-corrected chi connectivity index (χ4v) is 3.47. The van der Waals surface area contributed by atoms with Gasteiger partial charge in [0, 0.05) is 11.8 Å². The summed E-state index contributed by atoms with van der Waals surface area (Å²) in [6.07, 6.45) is 2.38. The number of amides is 1. The molecule has 6 nitrogen and oxygen atoms in total. The molecule has 2 aromatic carbocycles. The maximum Gasteiger partial charge on any atom is 0.225 e. The number of aromatic nitrogens is 3. The monoisotopic (exact) mass is 395 g/mol. The van der Waals surface area contributed by atoms with Crippen LogP contribution >= 0.6 is 0 Å². The van der Waals surface area contributed by atoms with Gasteiger partial charge in [0.15, 0.2) is 11.6 Å². The summed E-state index contributed by atoms with van der Waals surface area (Å²) >= 11 is 0. The summed E-state index contributed by atoms with van der Waals surface area (Å²) in [5, 5.41) is 17.7. The van der Waals surface area contributed by atoms with Crippen LogP contribution in [0.5, 0.6) is 0 Å². The molecule has 0 bridgehead atoms. The zero-order valence-electron chi connectivity index (χ0n) is 16.9. The molecule has 148 valence electrons. The standard InChI is InChI=1S/C24H21N5O/c1-16-7-6-10-20-17(2)13-21(27-23(16)20)29-24(19(14-25)15-26-29)28-22(30)12-11-18-8-4-3-5-9-18/h3-10,13,15H,11-12H2,1-2H3,(H,28,30). The van der Waals surface area contributed by atoms with Crippen molar-refractivity contribution in [2.24, 2.45) is 0 Å². The maximum atomic E-state index is 12.6. The number of benzene rings is 2. The molecule has 0 aliphatic heterocycles. The Hall–Kier alpha value is -3.98. The van der Waals surface area contributed by atoms with Crippen LogP contribution < -0.4 is 5.32 Å². The second-order valence-corrected chi connectivity index (χ2v) is 7.23. The first-order valence-electron chi connectivity index (χ1n) is 9.76. The predicted octanol–water partition coefficient (Wildman–Crippen LogP) is 4.48. The first kappa shape index (κ1) is 19.3. The van der Waals surface area contributed by atoms with Gasteiger partial charge in [-0.05, 0) is 43.0 Å². The Labute approximate surface area is 174 Å². The molecule has 0 saturated heterocycles. The second-order valence-electron chi connectivity index (χ2n) is 7.23. The van der Waals surface area contributed by atoms with E-state index in [1.54, 1.807) is 0 Å². The maximum absolute atomic E-state index is 12.6. The summed E-state index contributed by atoms with van der Waals surface area (Å²) in [6.45, 7) is 4.02. The van der Waals surface area contributed by atoms with Crippen LogP contribution in [-0.2, 0) is 11.2 Å². The van der Waals surface area contributed by atoms with Gasteiger partial charge in [-0.25, -0.2) is 4.98 Å². The van der Waals surface area contributed by atoms with E-state index in [-0.39, 0.29) is 5.91 Å². The molecule has 0 radical (unpaired) electrons. The van der Waals surface area contributed by atoms with Crippen molar-refractivity contribution in [2.75, 3.05) is 5.32 Å². The van der Waals surface area contributed by atoms with E-state index in [2.05, 4.69) is 16.5 Å². The summed E-state index contributed by atoms with van der Waals surface area (Å²) in [5.41, 5.74) is 4.37. The molecule has 4 rings (SSSR count). The molecule has 0 fully saturated rings. The van der Waals surface area contributed by atoms with E-state index in [0.717, 1.165) is 27.6 Å².